The second-order valence-electron chi connectivity index (χ2n) is 14.1. The van der Waals surface area contributed by atoms with Gasteiger partial charge in [-0.25, -0.2) is 0 Å². The van der Waals surface area contributed by atoms with E-state index < -0.39 is 0 Å². The second kappa shape index (κ2) is 27.6. The summed E-state index contributed by atoms with van der Waals surface area (Å²) < 4.78 is 33.3. The first kappa shape index (κ1) is 48.3. The van der Waals surface area contributed by atoms with Crippen LogP contribution < -0.4 is 28.4 Å². The van der Waals surface area contributed by atoms with Crippen molar-refractivity contribution in [2.75, 3.05) is 41.7 Å². The summed E-state index contributed by atoms with van der Waals surface area (Å²) in [5.41, 5.74) is 5.08. The number of ketones is 2. The molecule has 0 aliphatic heterocycles. The second-order valence-corrected chi connectivity index (χ2v) is 14.1. The first-order chi connectivity index (χ1) is 29.2. The average molecular weight is 817 g/mol. The molecule has 8 heteroatoms. The first-order valence-corrected chi connectivity index (χ1v) is 20.9. The van der Waals surface area contributed by atoms with Gasteiger partial charge in [0.2, 0.25) is 0 Å². The standard InChI is InChI=1S/2C26H32O4/c2*1-5-7-8-9-10-23-25(28-3)18-20(19-26(23)29-4)11-16-24(27)21-12-14-22(15-13-21)30-17-6-2/h2*6,11-16,18-19H,2,5,7-10,17H2,1,3-4H3/b2*16-11+. The van der Waals surface area contributed by atoms with Crippen LogP contribution in [0.25, 0.3) is 12.2 Å². The van der Waals surface area contributed by atoms with Crippen molar-refractivity contribution in [1.29, 1.82) is 0 Å². The average Bonchev–Trinajstić information content (AvgIpc) is 3.29. The summed E-state index contributed by atoms with van der Waals surface area (Å²) >= 11 is 0. The zero-order valence-electron chi connectivity index (χ0n) is 36.6. The molecule has 0 spiro atoms. The molecule has 0 unspecified atom stereocenters. The number of allylic oxidation sites excluding steroid dienone is 2. The van der Waals surface area contributed by atoms with E-state index in [4.69, 9.17) is 28.4 Å². The first-order valence-electron chi connectivity index (χ1n) is 20.9. The third-order valence-corrected chi connectivity index (χ3v) is 9.69. The Kier molecular flexibility index (Phi) is 22.3. The van der Waals surface area contributed by atoms with E-state index in [0.29, 0.717) is 35.8 Å². The zero-order valence-corrected chi connectivity index (χ0v) is 36.6. The van der Waals surface area contributed by atoms with Crippen molar-refractivity contribution in [2.45, 2.75) is 78.1 Å². The number of carbonyl (C=O) groups is 2. The molecule has 0 saturated carbocycles. The van der Waals surface area contributed by atoms with Gasteiger partial charge in [-0.15, -0.1) is 0 Å². The number of hydrogen-bond donors (Lipinski definition) is 0. The highest BCUT2D eigenvalue weighted by Gasteiger charge is 2.14. The molecule has 0 radical (unpaired) electrons. The maximum atomic E-state index is 12.5. The van der Waals surface area contributed by atoms with Crippen LogP contribution in [0.5, 0.6) is 34.5 Å². The summed E-state index contributed by atoms with van der Waals surface area (Å²) in [5.74, 6) is 4.43. The lowest BCUT2D eigenvalue weighted by Gasteiger charge is -2.14. The summed E-state index contributed by atoms with van der Waals surface area (Å²) in [5, 5.41) is 0. The Labute approximate surface area is 358 Å². The third-order valence-electron chi connectivity index (χ3n) is 9.69. The van der Waals surface area contributed by atoms with E-state index in [9.17, 15) is 9.59 Å². The van der Waals surface area contributed by atoms with Gasteiger partial charge in [-0.05, 0) is 122 Å². The van der Waals surface area contributed by atoms with Crippen LogP contribution in [0.2, 0.25) is 0 Å². The highest BCUT2D eigenvalue weighted by atomic mass is 16.5. The summed E-state index contributed by atoms with van der Waals surface area (Å²) in [6, 6.07) is 22.0. The van der Waals surface area contributed by atoms with Gasteiger partial charge in [0.1, 0.15) is 47.7 Å². The van der Waals surface area contributed by atoms with E-state index in [1.165, 1.54) is 38.5 Å². The molecule has 0 aliphatic rings. The van der Waals surface area contributed by atoms with Gasteiger partial charge in [-0.3, -0.25) is 9.59 Å². The zero-order chi connectivity index (χ0) is 43.5. The van der Waals surface area contributed by atoms with Crippen LogP contribution in [-0.4, -0.2) is 53.2 Å². The fourth-order valence-corrected chi connectivity index (χ4v) is 6.43. The molecule has 4 aromatic carbocycles. The monoisotopic (exact) mass is 816 g/mol. The molecule has 320 valence electrons. The molecule has 0 amide bonds. The van der Waals surface area contributed by atoms with Gasteiger partial charge in [0.05, 0.1) is 28.4 Å². The maximum Gasteiger partial charge on any atom is 0.185 e. The minimum atomic E-state index is -0.0770. The minimum Gasteiger partial charge on any atom is -0.496 e. The van der Waals surface area contributed by atoms with Crippen LogP contribution in [0.15, 0.2) is 110 Å². The fourth-order valence-electron chi connectivity index (χ4n) is 6.43. The van der Waals surface area contributed by atoms with E-state index >= 15 is 0 Å². The highest BCUT2D eigenvalue weighted by Crippen LogP contribution is 2.34. The number of ether oxygens (including phenoxy) is 6. The molecule has 60 heavy (non-hydrogen) atoms. The molecule has 0 saturated heterocycles. The van der Waals surface area contributed by atoms with E-state index in [2.05, 4.69) is 27.0 Å². The van der Waals surface area contributed by atoms with Crippen molar-refractivity contribution in [1.82, 2.24) is 0 Å². The number of benzene rings is 4. The Morgan fingerprint density at radius 2 is 0.833 bits per heavy atom. The molecule has 4 rings (SSSR count). The Bertz CT molecular complexity index is 1790. The lowest BCUT2D eigenvalue weighted by molar-refractivity contribution is 0.103. The fraction of sp³-hybridized carbons (Fsp3) is 0.346. The van der Waals surface area contributed by atoms with Crippen LogP contribution in [-0.2, 0) is 12.8 Å². The van der Waals surface area contributed by atoms with Crippen molar-refractivity contribution in [3.8, 4) is 34.5 Å². The Morgan fingerprint density at radius 1 is 0.500 bits per heavy atom. The molecule has 0 N–H and O–H groups in total. The maximum absolute atomic E-state index is 12.5. The largest absolute Gasteiger partial charge is 0.496 e. The van der Waals surface area contributed by atoms with E-state index in [-0.39, 0.29) is 11.6 Å². The lowest BCUT2D eigenvalue weighted by Crippen LogP contribution is -1.99. The van der Waals surface area contributed by atoms with Crippen LogP contribution in [0.4, 0.5) is 0 Å². The van der Waals surface area contributed by atoms with E-state index in [1.54, 1.807) is 113 Å². The molecule has 0 atom stereocenters. The molecule has 4 aromatic rings. The van der Waals surface area contributed by atoms with Crippen molar-refractivity contribution < 1.29 is 38.0 Å². The van der Waals surface area contributed by atoms with Crippen LogP contribution in [0, 0.1) is 0 Å². The molecule has 0 bridgehead atoms. The van der Waals surface area contributed by atoms with E-state index in [0.717, 1.165) is 70.9 Å². The van der Waals surface area contributed by atoms with Gasteiger partial charge < -0.3 is 28.4 Å². The number of methoxy groups -OCH3 is 4. The summed E-state index contributed by atoms with van der Waals surface area (Å²) in [6.07, 6.45) is 21.3. The van der Waals surface area contributed by atoms with Gasteiger partial charge >= 0.3 is 0 Å². The van der Waals surface area contributed by atoms with Gasteiger partial charge in [-0.2, -0.15) is 0 Å². The van der Waals surface area contributed by atoms with Crippen molar-refractivity contribution in [2.24, 2.45) is 0 Å². The Hall–Kier alpha value is -6.02. The quantitative estimate of drug-likeness (QED) is 0.0268. The summed E-state index contributed by atoms with van der Waals surface area (Å²) in [6.45, 7) is 12.5. The highest BCUT2D eigenvalue weighted by molar-refractivity contribution is 6.07. The SMILES string of the molecule is C=CCOc1ccc(C(=O)/C=C/c2cc(OC)c(CCCCCC)c(OC)c2)cc1.C=CCOc1ccc(C(=O)/C=C/c2cc(OC)c(CCCCCC)c(OC)c2)cc1. The molecule has 0 aliphatic carbocycles. The normalized spacial score (nSPS) is 10.8. The van der Waals surface area contributed by atoms with Crippen LogP contribution in [0.1, 0.15) is 108 Å². The summed E-state index contributed by atoms with van der Waals surface area (Å²) in [7, 11) is 6.66. The molecular weight excluding hydrogens is 753 g/mol. The summed E-state index contributed by atoms with van der Waals surface area (Å²) in [4.78, 5) is 25.0. The van der Waals surface area contributed by atoms with Crippen molar-refractivity contribution in [3.63, 3.8) is 0 Å². The molecule has 0 fully saturated rings. The predicted molar refractivity (Wildman–Crippen MR) is 246 cm³/mol. The number of unbranched alkanes of at least 4 members (excludes halogenated alkanes) is 6. The molecule has 8 nitrogen and oxygen atoms in total. The van der Waals surface area contributed by atoms with Crippen LogP contribution in [0.3, 0.4) is 0 Å². The Morgan fingerprint density at radius 3 is 1.12 bits per heavy atom. The number of carbonyl (C=O) groups excluding carboxylic acids is 2. The smallest absolute Gasteiger partial charge is 0.185 e. The van der Waals surface area contributed by atoms with Gasteiger partial charge in [0.25, 0.3) is 0 Å². The number of hydrogen-bond acceptors (Lipinski definition) is 8. The predicted octanol–water partition coefficient (Wildman–Crippen LogP) is 12.6. The number of rotatable bonds is 26. The van der Waals surface area contributed by atoms with Crippen LogP contribution >= 0.6 is 0 Å². The molecule has 0 aromatic heterocycles. The van der Waals surface area contributed by atoms with E-state index in [1.807, 2.05) is 24.3 Å². The van der Waals surface area contributed by atoms with Gasteiger partial charge in [0, 0.05) is 22.3 Å². The minimum absolute atomic E-state index is 0.0770. The molecule has 0 heterocycles. The topological polar surface area (TPSA) is 89.5 Å². The van der Waals surface area contributed by atoms with Gasteiger partial charge in [0.15, 0.2) is 11.6 Å². The van der Waals surface area contributed by atoms with Gasteiger partial charge in [-0.1, -0.05) is 89.8 Å². The Balaban J connectivity index is 0.000000320. The lowest BCUT2D eigenvalue weighted by atomic mass is 10.0. The third kappa shape index (κ3) is 16.0. The van der Waals surface area contributed by atoms with Crippen molar-refractivity contribution in [3.05, 3.63) is 144 Å². The van der Waals surface area contributed by atoms with Crippen molar-refractivity contribution >= 4 is 23.7 Å². The molecular formula is C52H64O8.